The standard InChI is InChI=1S/C16H31F2N3O.C13H14F2N2O3/c1-2-3-4-5-6-7-8-9-10-21-15(13-20-14(19)22)11-16(17,18)12-15;14-13(15)6-17(7-13)10-4-3-9(12(18)19)16-11(10)20-5-8-1-2-8/h21H,2-13H2,1H3,(H3,19,20,22);3-4,8H,1-2,5-7H2,(H,18,19). The van der Waals surface area contributed by atoms with Crippen LogP contribution in [0.1, 0.15) is 94.5 Å². The lowest BCUT2D eigenvalue weighted by Crippen LogP contribution is -2.66. The number of halogens is 4. The molecule has 238 valence electrons. The Bertz CT molecular complexity index is 1030. The second-order valence-electron chi connectivity index (χ2n) is 11.9. The summed E-state index contributed by atoms with van der Waals surface area (Å²) in [7, 11) is 0. The Morgan fingerprint density at radius 2 is 1.64 bits per heavy atom. The van der Waals surface area contributed by atoms with Crippen molar-refractivity contribution in [2.75, 3.05) is 37.7 Å². The molecule has 4 rings (SSSR count). The fraction of sp³-hybridized carbons (Fsp3) is 0.759. The number of carboxylic acids is 1. The summed E-state index contributed by atoms with van der Waals surface area (Å²) in [6, 6.07) is 2.12. The van der Waals surface area contributed by atoms with Crippen molar-refractivity contribution in [1.82, 2.24) is 15.6 Å². The molecule has 1 aromatic heterocycles. The van der Waals surface area contributed by atoms with E-state index in [4.69, 9.17) is 15.6 Å². The smallest absolute Gasteiger partial charge is 0.354 e. The first-order valence-electron chi connectivity index (χ1n) is 15.0. The molecule has 2 aliphatic carbocycles. The summed E-state index contributed by atoms with van der Waals surface area (Å²) >= 11 is 0. The number of carboxylic acid groups (broad SMARTS) is 1. The predicted octanol–water partition coefficient (Wildman–Crippen LogP) is 5.58. The molecule has 0 spiro atoms. The fourth-order valence-corrected chi connectivity index (χ4v) is 5.18. The van der Waals surface area contributed by atoms with Gasteiger partial charge in [0.1, 0.15) is 5.69 Å². The summed E-state index contributed by atoms with van der Waals surface area (Å²) in [4.78, 5) is 27.0. The molecule has 2 amide bonds. The number of hydrogen-bond acceptors (Lipinski definition) is 6. The topological polar surface area (TPSA) is 130 Å². The van der Waals surface area contributed by atoms with Crippen LogP contribution in [0.3, 0.4) is 0 Å². The summed E-state index contributed by atoms with van der Waals surface area (Å²) in [6.07, 6.45) is 11.4. The zero-order valence-electron chi connectivity index (χ0n) is 24.4. The van der Waals surface area contributed by atoms with Crippen molar-refractivity contribution < 1.29 is 37.0 Å². The number of primary amides is 1. The van der Waals surface area contributed by atoms with Crippen molar-refractivity contribution in [2.24, 2.45) is 11.7 Å². The van der Waals surface area contributed by atoms with Gasteiger partial charge in [-0.25, -0.2) is 32.1 Å². The van der Waals surface area contributed by atoms with Gasteiger partial charge < -0.3 is 31.1 Å². The zero-order chi connectivity index (χ0) is 30.8. The highest BCUT2D eigenvalue weighted by atomic mass is 19.3. The largest absolute Gasteiger partial charge is 0.477 e. The summed E-state index contributed by atoms with van der Waals surface area (Å²) < 4.78 is 57.7. The molecule has 1 saturated heterocycles. The van der Waals surface area contributed by atoms with E-state index in [0.717, 1.165) is 25.7 Å². The van der Waals surface area contributed by atoms with E-state index in [1.807, 2.05) is 0 Å². The van der Waals surface area contributed by atoms with Gasteiger partial charge in [0, 0.05) is 24.9 Å². The monoisotopic (exact) mass is 603 g/mol. The third kappa shape index (κ3) is 11.1. The Morgan fingerprint density at radius 1 is 1.02 bits per heavy atom. The van der Waals surface area contributed by atoms with E-state index >= 15 is 0 Å². The van der Waals surface area contributed by atoms with Crippen LogP contribution in [0.5, 0.6) is 5.88 Å². The molecule has 0 radical (unpaired) electrons. The molecular weight excluding hydrogens is 558 g/mol. The SMILES string of the molecule is CCCCCCCCCCNC1(CNC(N)=O)CC(F)(F)C1.O=C(O)c1ccc(N2CC(F)(F)C2)c(OCC2CC2)n1. The van der Waals surface area contributed by atoms with E-state index < -0.39 is 29.4 Å². The Hall–Kier alpha value is -2.83. The molecular formula is C29H45F4N5O4. The molecule has 42 heavy (non-hydrogen) atoms. The summed E-state index contributed by atoms with van der Waals surface area (Å²) in [6.45, 7) is 2.77. The molecule has 1 aliphatic heterocycles. The van der Waals surface area contributed by atoms with Gasteiger partial charge in [0.05, 0.1) is 19.7 Å². The number of unbranched alkanes of at least 4 members (excludes halogenated alkanes) is 7. The normalized spacial score (nSPS) is 19.5. The molecule has 0 aromatic carbocycles. The van der Waals surface area contributed by atoms with E-state index in [2.05, 4.69) is 22.5 Å². The number of pyridine rings is 1. The minimum absolute atomic E-state index is 0.132. The number of nitrogens with one attached hydrogen (secondary N) is 2. The number of aromatic carboxylic acids is 1. The molecule has 5 N–H and O–H groups in total. The highest BCUT2D eigenvalue weighted by Gasteiger charge is 2.56. The number of aromatic nitrogens is 1. The quantitative estimate of drug-likeness (QED) is 0.135. The molecule has 3 aliphatic rings. The van der Waals surface area contributed by atoms with Crippen LogP contribution >= 0.6 is 0 Å². The Labute approximate surface area is 244 Å². The van der Waals surface area contributed by atoms with Crippen LogP contribution < -0.4 is 26.0 Å². The highest BCUT2D eigenvalue weighted by molar-refractivity contribution is 5.86. The van der Waals surface area contributed by atoms with Gasteiger partial charge in [0.2, 0.25) is 5.88 Å². The number of carbonyl (C=O) groups is 2. The first-order valence-corrected chi connectivity index (χ1v) is 15.0. The van der Waals surface area contributed by atoms with Gasteiger partial charge in [0.15, 0.2) is 5.69 Å². The van der Waals surface area contributed by atoms with Gasteiger partial charge in [-0.3, -0.25) is 0 Å². The molecule has 1 aromatic rings. The van der Waals surface area contributed by atoms with Crippen molar-refractivity contribution in [3.63, 3.8) is 0 Å². The van der Waals surface area contributed by atoms with Gasteiger partial charge in [-0.15, -0.1) is 0 Å². The first kappa shape index (κ1) is 33.7. The number of amides is 2. The first-order chi connectivity index (χ1) is 19.8. The summed E-state index contributed by atoms with van der Waals surface area (Å²) in [5, 5.41) is 14.6. The summed E-state index contributed by atoms with van der Waals surface area (Å²) in [5.74, 6) is -5.88. The number of urea groups is 1. The second-order valence-corrected chi connectivity index (χ2v) is 11.9. The lowest BCUT2D eigenvalue weighted by atomic mass is 9.73. The number of anilines is 1. The van der Waals surface area contributed by atoms with Crippen molar-refractivity contribution in [2.45, 2.75) is 101 Å². The number of alkyl halides is 4. The van der Waals surface area contributed by atoms with E-state index in [0.29, 0.717) is 24.8 Å². The molecule has 0 bridgehead atoms. The lowest BCUT2D eigenvalue weighted by molar-refractivity contribution is -0.132. The average Bonchev–Trinajstić information content (AvgIpc) is 3.72. The Morgan fingerprint density at radius 3 is 2.17 bits per heavy atom. The molecule has 0 unspecified atom stereocenters. The van der Waals surface area contributed by atoms with Gasteiger partial charge >= 0.3 is 12.0 Å². The number of hydrogen-bond donors (Lipinski definition) is 4. The maximum atomic E-state index is 13.2. The molecule has 3 fully saturated rings. The third-order valence-corrected chi connectivity index (χ3v) is 7.72. The third-order valence-electron chi connectivity index (χ3n) is 7.72. The molecule has 9 nitrogen and oxygen atoms in total. The Balaban J connectivity index is 0.000000231. The van der Waals surface area contributed by atoms with E-state index in [9.17, 15) is 27.2 Å². The van der Waals surface area contributed by atoms with Crippen molar-refractivity contribution in [1.29, 1.82) is 0 Å². The zero-order valence-corrected chi connectivity index (χ0v) is 24.4. The summed E-state index contributed by atoms with van der Waals surface area (Å²) in [5.41, 5.74) is 4.63. The van der Waals surface area contributed by atoms with Crippen LogP contribution in [0.25, 0.3) is 0 Å². The van der Waals surface area contributed by atoms with Gasteiger partial charge in [-0.05, 0) is 43.9 Å². The maximum absolute atomic E-state index is 13.2. The van der Waals surface area contributed by atoms with Crippen LogP contribution in [0.4, 0.5) is 28.0 Å². The average molecular weight is 604 g/mol. The second kappa shape index (κ2) is 15.1. The minimum atomic E-state index is -2.70. The van der Waals surface area contributed by atoms with Crippen LogP contribution in [-0.2, 0) is 0 Å². The number of nitrogens with zero attached hydrogens (tertiary/aromatic N) is 2. The van der Waals surface area contributed by atoms with E-state index in [1.54, 1.807) is 0 Å². The van der Waals surface area contributed by atoms with Gasteiger partial charge in [0.25, 0.3) is 11.8 Å². The number of nitrogens with two attached hydrogens (primary N) is 1. The fourth-order valence-electron chi connectivity index (χ4n) is 5.18. The van der Waals surface area contributed by atoms with Gasteiger partial charge in [-0.2, -0.15) is 0 Å². The van der Waals surface area contributed by atoms with Crippen LogP contribution in [0.2, 0.25) is 0 Å². The molecule has 2 heterocycles. The molecule has 0 atom stereocenters. The predicted molar refractivity (Wildman–Crippen MR) is 152 cm³/mol. The number of ether oxygens (including phenoxy) is 1. The van der Waals surface area contributed by atoms with Crippen molar-refractivity contribution in [3.05, 3.63) is 17.8 Å². The van der Waals surface area contributed by atoms with Crippen molar-refractivity contribution in [3.8, 4) is 5.88 Å². The molecule has 2 saturated carbocycles. The molecule has 13 heteroatoms. The van der Waals surface area contributed by atoms with E-state index in [1.165, 1.54) is 55.6 Å². The Kier molecular flexibility index (Phi) is 12.1. The van der Waals surface area contributed by atoms with Crippen LogP contribution in [-0.4, -0.2) is 72.3 Å². The minimum Gasteiger partial charge on any atom is -0.477 e. The highest BCUT2D eigenvalue weighted by Crippen LogP contribution is 2.45. The van der Waals surface area contributed by atoms with Crippen LogP contribution in [0.15, 0.2) is 12.1 Å². The lowest BCUT2D eigenvalue weighted by Gasteiger charge is -2.48. The van der Waals surface area contributed by atoms with Gasteiger partial charge in [-0.1, -0.05) is 51.9 Å². The van der Waals surface area contributed by atoms with E-state index in [-0.39, 0.29) is 44.0 Å². The number of carbonyl (C=O) groups excluding carboxylic acids is 1. The van der Waals surface area contributed by atoms with Crippen molar-refractivity contribution >= 4 is 17.7 Å². The maximum Gasteiger partial charge on any atom is 0.354 e. The number of rotatable bonds is 17. The van der Waals surface area contributed by atoms with Crippen LogP contribution in [0, 0.1) is 5.92 Å².